The van der Waals surface area contributed by atoms with E-state index < -0.39 is 17.7 Å². The molecule has 6 heteroatoms. The standard InChI is InChI=1S/C19H22O6/c1-5-13(20)17-15(24-14(6-2)19(22)23-7-3)9-8-12-11(4)10-16(21)25-18(12)17/h8-10,14H,5-7H2,1-4H3. The van der Waals surface area contributed by atoms with Crippen molar-refractivity contribution in [1.29, 1.82) is 0 Å². The number of aryl methyl sites for hydroxylation is 1. The number of carbonyl (C=O) groups is 2. The van der Waals surface area contributed by atoms with Gasteiger partial charge in [0.1, 0.15) is 11.3 Å². The average Bonchev–Trinajstić information content (AvgIpc) is 2.58. The molecule has 0 aliphatic heterocycles. The quantitative estimate of drug-likeness (QED) is 0.434. The molecule has 134 valence electrons. The van der Waals surface area contributed by atoms with Crippen LogP contribution in [-0.4, -0.2) is 24.5 Å². The second-order valence-electron chi connectivity index (χ2n) is 5.61. The minimum Gasteiger partial charge on any atom is -0.478 e. The second-order valence-corrected chi connectivity index (χ2v) is 5.61. The fourth-order valence-electron chi connectivity index (χ4n) is 2.59. The average molecular weight is 346 g/mol. The number of hydrogen-bond acceptors (Lipinski definition) is 6. The van der Waals surface area contributed by atoms with E-state index in [1.165, 1.54) is 6.07 Å². The SMILES string of the molecule is CCOC(=O)C(CC)Oc1ccc2c(C)cc(=O)oc2c1C(=O)CC. The minimum atomic E-state index is -0.836. The summed E-state index contributed by atoms with van der Waals surface area (Å²) in [6, 6.07) is 4.71. The Balaban J connectivity index is 2.61. The Hall–Kier alpha value is -2.63. The number of esters is 1. The maximum Gasteiger partial charge on any atom is 0.347 e. The zero-order valence-electron chi connectivity index (χ0n) is 14.9. The zero-order chi connectivity index (χ0) is 18.6. The Labute approximate surface area is 145 Å². The van der Waals surface area contributed by atoms with Gasteiger partial charge in [0.2, 0.25) is 0 Å². The number of hydrogen-bond donors (Lipinski definition) is 0. The first-order valence-electron chi connectivity index (χ1n) is 8.36. The molecule has 6 nitrogen and oxygen atoms in total. The van der Waals surface area contributed by atoms with Crippen LogP contribution in [0.15, 0.2) is 27.4 Å². The van der Waals surface area contributed by atoms with Gasteiger partial charge in [-0.15, -0.1) is 0 Å². The molecule has 1 aromatic heterocycles. The van der Waals surface area contributed by atoms with E-state index in [1.807, 2.05) is 0 Å². The van der Waals surface area contributed by atoms with Crippen molar-refractivity contribution in [3.63, 3.8) is 0 Å². The summed E-state index contributed by atoms with van der Waals surface area (Å²) >= 11 is 0. The highest BCUT2D eigenvalue weighted by atomic mass is 16.6. The van der Waals surface area contributed by atoms with Gasteiger partial charge in [-0.1, -0.05) is 13.8 Å². The van der Waals surface area contributed by atoms with Crippen molar-refractivity contribution in [2.24, 2.45) is 0 Å². The van der Waals surface area contributed by atoms with E-state index >= 15 is 0 Å². The summed E-state index contributed by atoms with van der Waals surface area (Å²) in [4.78, 5) is 36.2. The van der Waals surface area contributed by atoms with Crippen LogP contribution in [-0.2, 0) is 9.53 Å². The van der Waals surface area contributed by atoms with Crippen LogP contribution >= 0.6 is 0 Å². The first-order chi connectivity index (χ1) is 11.9. The van der Waals surface area contributed by atoms with E-state index in [0.717, 1.165) is 0 Å². The number of fused-ring (bicyclic) bond motifs is 1. The summed E-state index contributed by atoms with van der Waals surface area (Å²) < 4.78 is 16.0. The third-order valence-corrected chi connectivity index (χ3v) is 3.87. The van der Waals surface area contributed by atoms with Crippen LogP contribution < -0.4 is 10.4 Å². The normalized spacial score (nSPS) is 12.0. The molecule has 1 heterocycles. The van der Waals surface area contributed by atoms with Crippen LogP contribution in [0.5, 0.6) is 5.75 Å². The lowest BCUT2D eigenvalue weighted by Gasteiger charge is -2.18. The third kappa shape index (κ3) is 3.90. The molecule has 0 spiro atoms. The van der Waals surface area contributed by atoms with Gasteiger partial charge in [0.05, 0.1) is 6.61 Å². The topological polar surface area (TPSA) is 82.8 Å². The van der Waals surface area contributed by atoms with Crippen LogP contribution in [0.3, 0.4) is 0 Å². The molecule has 0 radical (unpaired) electrons. The van der Waals surface area contributed by atoms with Crippen LogP contribution in [0.4, 0.5) is 0 Å². The molecular weight excluding hydrogens is 324 g/mol. The van der Waals surface area contributed by atoms with E-state index in [-0.39, 0.29) is 35.7 Å². The second kappa shape index (κ2) is 7.96. The number of carbonyl (C=O) groups excluding carboxylic acids is 2. The molecule has 0 saturated heterocycles. The molecule has 2 aromatic rings. The Morgan fingerprint density at radius 3 is 2.52 bits per heavy atom. The van der Waals surface area contributed by atoms with Crippen molar-refractivity contribution in [2.75, 3.05) is 6.61 Å². The molecule has 1 unspecified atom stereocenters. The van der Waals surface area contributed by atoms with Crippen LogP contribution in [0.1, 0.15) is 49.5 Å². The molecule has 25 heavy (non-hydrogen) atoms. The van der Waals surface area contributed by atoms with E-state index in [1.54, 1.807) is 39.8 Å². The summed E-state index contributed by atoms with van der Waals surface area (Å²) in [5.41, 5.74) is 0.543. The Bertz CT molecular complexity index is 849. The number of Topliss-reactive ketones (excluding diaryl/α,β-unsaturated/α-hetero) is 1. The van der Waals surface area contributed by atoms with Gasteiger partial charge in [-0.05, 0) is 38.0 Å². The molecule has 0 amide bonds. The van der Waals surface area contributed by atoms with Crippen molar-refractivity contribution in [1.82, 2.24) is 0 Å². The monoisotopic (exact) mass is 346 g/mol. The van der Waals surface area contributed by atoms with Crippen molar-refractivity contribution in [3.05, 3.63) is 39.7 Å². The summed E-state index contributed by atoms with van der Waals surface area (Å²) in [6.07, 6.45) is -0.241. The predicted octanol–water partition coefficient (Wildman–Crippen LogP) is 3.41. The molecule has 0 aliphatic carbocycles. The lowest BCUT2D eigenvalue weighted by molar-refractivity contribution is -0.151. The van der Waals surface area contributed by atoms with Gasteiger partial charge in [0.25, 0.3) is 0 Å². The van der Waals surface area contributed by atoms with Crippen molar-refractivity contribution in [3.8, 4) is 5.75 Å². The van der Waals surface area contributed by atoms with Gasteiger partial charge in [0, 0.05) is 17.9 Å². The number of benzene rings is 1. The lowest BCUT2D eigenvalue weighted by Crippen LogP contribution is -2.29. The predicted molar refractivity (Wildman–Crippen MR) is 93.2 cm³/mol. The van der Waals surface area contributed by atoms with Crippen LogP contribution in [0, 0.1) is 6.92 Å². The largest absolute Gasteiger partial charge is 0.478 e. The maximum atomic E-state index is 12.5. The van der Waals surface area contributed by atoms with Gasteiger partial charge < -0.3 is 13.9 Å². The Kier molecular flexibility index (Phi) is 5.96. The Morgan fingerprint density at radius 1 is 1.20 bits per heavy atom. The molecule has 1 atom stereocenters. The van der Waals surface area contributed by atoms with Crippen LogP contribution in [0.25, 0.3) is 11.0 Å². The van der Waals surface area contributed by atoms with Gasteiger partial charge in [-0.2, -0.15) is 0 Å². The minimum absolute atomic E-state index is 0.184. The highest BCUT2D eigenvalue weighted by Crippen LogP contribution is 2.31. The summed E-state index contributed by atoms with van der Waals surface area (Å²) in [7, 11) is 0. The third-order valence-electron chi connectivity index (χ3n) is 3.87. The maximum absolute atomic E-state index is 12.5. The van der Waals surface area contributed by atoms with Crippen molar-refractivity contribution >= 4 is 22.7 Å². The lowest BCUT2D eigenvalue weighted by atomic mass is 10.0. The molecular formula is C19H22O6. The first-order valence-corrected chi connectivity index (χ1v) is 8.36. The fourth-order valence-corrected chi connectivity index (χ4v) is 2.59. The van der Waals surface area contributed by atoms with Crippen molar-refractivity contribution in [2.45, 2.75) is 46.6 Å². The van der Waals surface area contributed by atoms with Gasteiger partial charge >= 0.3 is 11.6 Å². The smallest absolute Gasteiger partial charge is 0.347 e. The highest BCUT2D eigenvalue weighted by molar-refractivity contribution is 6.08. The summed E-state index contributed by atoms with van der Waals surface area (Å²) in [5.74, 6) is -0.508. The van der Waals surface area contributed by atoms with Crippen molar-refractivity contribution < 1.29 is 23.5 Å². The van der Waals surface area contributed by atoms with E-state index in [0.29, 0.717) is 17.4 Å². The Morgan fingerprint density at radius 2 is 1.92 bits per heavy atom. The molecule has 0 aliphatic rings. The number of ether oxygens (including phenoxy) is 2. The van der Waals surface area contributed by atoms with Gasteiger partial charge in [-0.25, -0.2) is 9.59 Å². The molecule has 0 saturated carbocycles. The van der Waals surface area contributed by atoms with E-state index in [4.69, 9.17) is 13.9 Å². The molecule has 0 bridgehead atoms. The molecule has 2 rings (SSSR count). The number of ketones is 1. The zero-order valence-corrected chi connectivity index (χ0v) is 14.9. The van der Waals surface area contributed by atoms with E-state index in [9.17, 15) is 14.4 Å². The number of rotatable bonds is 7. The van der Waals surface area contributed by atoms with Gasteiger partial charge in [0.15, 0.2) is 17.5 Å². The summed E-state index contributed by atoms with van der Waals surface area (Å²) in [6.45, 7) is 7.22. The highest BCUT2D eigenvalue weighted by Gasteiger charge is 2.25. The fraction of sp³-hybridized carbons (Fsp3) is 0.421. The summed E-state index contributed by atoms with van der Waals surface area (Å²) in [5, 5.41) is 0.660. The van der Waals surface area contributed by atoms with E-state index in [2.05, 4.69) is 0 Å². The molecule has 0 N–H and O–H groups in total. The first kappa shape index (κ1) is 18.7. The van der Waals surface area contributed by atoms with Gasteiger partial charge in [-0.3, -0.25) is 4.79 Å². The molecule has 1 aromatic carbocycles. The molecule has 0 fully saturated rings. The van der Waals surface area contributed by atoms with Crippen LogP contribution in [0.2, 0.25) is 0 Å².